The fraction of sp³-hybridized carbons (Fsp3) is 0.385. The molecule has 0 aromatic heterocycles. The van der Waals surface area contributed by atoms with Crippen molar-refractivity contribution >= 4 is 27.8 Å². The number of methoxy groups -OCH3 is 1. The maximum Gasteiger partial charge on any atom is 0.337 e. The molecule has 1 unspecified atom stereocenters. The maximum atomic E-state index is 12.7. The van der Waals surface area contributed by atoms with E-state index in [1.54, 1.807) is 0 Å². The van der Waals surface area contributed by atoms with Gasteiger partial charge in [0.1, 0.15) is 5.75 Å². The van der Waals surface area contributed by atoms with E-state index < -0.39 is 33.8 Å². The van der Waals surface area contributed by atoms with Crippen LogP contribution >= 0.6 is 0 Å². The molecule has 1 heterocycles. The molecule has 2 rings (SSSR count). The highest BCUT2D eigenvalue weighted by Crippen LogP contribution is 2.33. The molecule has 1 aromatic carbocycles. The van der Waals surface area contributed by atoms with E-state index in [0.29, 0.717) is 0 Å². The topological polar surface area (TPSA) is 101 Å². The number of carbonyl (C=O) groups is 2. The van der Waals surface area contributed by atoms with Gasteiger partial charge in [0.25, 0.3) is 0 Å². The molecule has 1 aliphatic heterocycles. The van der Waals surface area contributed by atoms with Crippen molar-refractivity contribution in [3.8, 4) is 5.75 Å². The molecule has 0 aliphatic carbocycles. The number of carbonyl (C=O) groups excluding carboxylic acids is 2. The van der Waals surface area contributed by atoms with Crippen molar-refractivity contribution in [1.29, 1.82) is 0 Å². The van der Waals surface area contributed by atoms with E-state index in [0.717, 1.165) is 4.90 Å². The van der Waals surface area contributed by atoms with Crippen LogP contribution in [0, 0.1) is 5.92 Å². The van der Waals surface area contributed by atoms with E-state index in [1.165, 1.54) is 25.3 Å². The van der Waals surface area contributed by atoms with Crippen molar-refractivity contribution in [3.63, 3.8) is 0 Å². The number of ether oxygens (including phenoxy) is 1. The van der Waals surface area contributed by atoms with Gasteiger partial charge < -0.3 is 14.7 Å². The third kappa shape index (κ3) is 3.53. The first kappa shape index (κ1) is 16.2. The molecule has 7 nitrogen and oxygen atoms in total. The Labute approximate surface area is 126 Å². The summed E-state index contributed by atoms with van der Waals surface area (Å²) >= 11 is 0. The number of nitrogens with zero attached hydrogens (tertiary/aromatic N) is 1. The number of anilines is 1. The summed E-state index contributed by atoms with van der Waals surface area (Å²) in [5, 5.41) is 9.85. The molecule has 1 amide bonds. The Kier molecular flexibility index (Phi) is 4.36. The van der Waals surface area contributed by atoms with Crippen LogP contribution in [0.4, 0.5) is 9.57 Å². The van der Waals surface area contributed by atoms with Crippen molar-refractivity contribution in [2.45, 2.75) is 6.42 Å². The van der Waals surface area contributed by atoms with Gasteiger partial charge in [0.2, 0.25) is 5.91 Å². The molecular formula is C13H14FNO6S. The van der Waals surface area contributed by atoms with Gasteiger partial charge in [0.05, 0.1) is 24.1 Å². The number of hydrogen-bond acceptors (Lipinski definition) is 6. The average Bonchev–Trinajstić information content (AvgIpc) is 2.76. The van der Waals surface area contributed by atoms with Gasteiger partial charge in [-0.1, -0.05) is 0 Å². The lowest BCUT2D eigenvalue weighted by Crippen LogP contribution is -2.25. The second kappa shape index (κ2) is 5.91. The Morgan fingerprint density at radius 3 is 2.77 bits per heavy atom. The van der Waals surface area contributed by atoms with Crippen LogP contribution in [0.15, 0.2) is 18.2 Å². The molecule has 1 saturated heterocycles. The monoisotopic (exact) mass is 331 g/mol. The third-order valence-corrected chi connectivity index (χ3v) is 4.20. The minimum atomic E-state index is -4.69. The van der Waals surface area contributed by atoms with Crippen LogP contribution in [-0.4, -0.2) is 44.8 Å². The summed E-state index contributed by atoms with van der Waals surface area (Å²) in [5.41, 5.74) is 0.191. The van der Waals surface area contributed by atoms with Gasteiger partial charge in [-0.2, -0.15) is 8.42 Å². The summed E-state index contributed by atoms with van der Waals surface area (Å²) in [6.07, 6.45) is -0.148. The molecule has 0 spiro atoms. The lowest BCUT2D eigenvalue weighted by atomic mass is 10.1. The van der Waals surface area contributed by atoms with Gasteiger partial charge in [0, 0.05) is 18.9 Å². The van der Waals surface area contributed by atoms with Crippen LogP contribution in [0.2, 0.25) is 0 Å². The molecule has 1 N–H and O–H groups in total. The highest BCUT2D eigenvalue weighted by molar-refractivity contribution is 7.86. The van der Waals surface area contributed by atoms with Crippen LogP contribution < -0.4 is 4.90 Å². The fourth-order valence-electron chi connectivity index (χ4n) is 2.39. The molecule has 120 valence electrons. The normalized spacial score (nSPS) is 18.5. The van der Waals surface area contributed by atoms with E-state index in [-0.39, 0.29) is 30.0 Å². The second-order valence-electron chi connectivity index (χ2n) is 4.98. The fourth-order valence-corrected chi connectivity index (χ4v) is 3.18. The van der Waals surface area contributed by atoms with Crippen molar-refractivity contribution in [1.82, 2.24) is 0 Å². The molecule has 1 fully saturated rings. The summed E-state index contributed by atoms with van der Waals surface area (Å²) in [7, 11) is -3.50. The Bertz CT molecular complexity index is 717. The maximum absolute atomic E-state index is 12.7. The summed E-state index contributed by atoms with van der Waals surface area (Å²) in [5.74, 6) is -2.80. The van der Waals surface area contributed by atoms with E-state index >= 15 is 0 Å². The zero-order valence-corrected chi connectivity index (χ0v) is 12.5. The van der Waals surface area contributed by atoms with E-state index in [4.69, 9.17) is 0 Å². The number of amides is 1. The lowest BCUT2D eigenvalue weighted by molar-refractivity contribution is -0.117. The van der Waals surface area contributed by atoms with Crippen molar-refractivity contribution in [2.24, 2.45) is 5.92 Å². The Balaban J connectivity index is 2.28. The van der Waals surface area contributed by atoms with Crippen molar-refractivity contribution in [3.05, 3.63) is 23.8 Å². The Morgan fingerprint density at radius 2 is 2.18 bits per heavy atom. The highest BCUT2D eigenvalue weighted by Gasteiger charge is 2.35. The van der Waals surface area contributed by atoms with Gasteiger partial charge in [0.15, 0.2) is 0 Å². The van der Waals surface area contributed by atoms with E-state index in [2.05, 4.69) is 4.74 Å². The first-order valence-corrected chi connectivity index (χ1v) is 7.90. The number of phenols is 1. The van der Waals surface area contributed by atoms with Crippen molar-refractivity contribution < 1.29 is 31.7 Å². The van der Waals surface area contributed by atoms with E-state index in [9.17, 15) is 27.0 Å². The van der Waals surface area contributed by atoms with Crippen LogP contribution in [0.25, 0.3) is 0 Å². The minimum Gasteiger partial charge on any atom is -0.506 e. The number of rotatable bonds is 4. The highest BCUT2D eigenvalue weighted by atomic mass is 32.3. The molecule has 0 saturated carbocycles. The van der Waals surface area contributed by atoms with Crippen molar-refractivity contribution in [2.75, 3.05) is 24.3 Å². The number of hydrogen-bond donors (Lipinski definition) is 1. The van der Waals surface area contributed by atoms with Crippen LogP contribution in [0.3, 0.4) is 0 Å². The summed E-state index contributed by atoms with van der Waals surface area (Å²) in [6.45, 7) is -0.0554. The summed E-state index contributed by atoms with van der Waals surface area (Å²) < 4.78 is 38.6. The van der Waals surface area contributed by atoms with Gasteiger partial charge in [-0.3, -0.25) is 4.79 Å². The van der Waals surface area contributed by atoms with Gasteiger partial charge >= 0.3 is 16.2 Å². The molecule has 0 bridgehead atoms. The smallest absolute Gasteiger partial charge is 0.337 e. The molecule has 1 aromatic rings. The zero-order chi connectivity index (χ0) is 16.5. The first-order chi connectivity index (χ1) is 10.2. The number of esters is 1. The Morgan fingerprint density at radius 1 is 1.50 bits per heavy atom. The summed E-state index contributed by atoms with van der Waals surface area (Å²) in [4.78, 5) is 24.6. The SMILES string of the molecule is COC(=O)c1ccc(O)c(N2CC(CS(=O)(=O)F)CC2=O)c1. The molecule has 0 radical (unpaired) electrons. The predicted molar refractivity (Wildman–Crippen MR) is 74.8 cm³/mol. The quantitative estimate of drug-likeness (QED) is 0.648. The number of halogens is 1. The number of phenolic OH excluding ortho intramolecular Hbond substituents is 1. The molecular weight excluding hydrogens is 317 g/mol. The van der Waals surface area contributed by atoms with Crippen LogP contribution in [0.1, 0.15) is 16.8 Å². The zero-order valence-electron chi connectivity index (χ0n) is 11.7. The van der Waals surface area contributed by atoms with Crippen LogP contribution in [0.5, 0.6) is 5.75 Å². The first-order valence-electron chi connectivity index (χ1n) is 6.35. The van der Waals surface area contributed by atoms with Gasteiger partial charge in [-0.25, -0.2) is 4.79 Å². The summed E-state index contributed by atoms with van der Waals surface area (Å²) in [6, 6.07) is 3.83. The van der Waals surface area contributed by atoms with E-state index in [1.807, 2.05) is 0 Å². The number of benzene rings is 1. The molecule has 1 atom stereocenters. The number of aromatic hydroxyl groups is 1. The van der Waals surface area contributed by atoms with Gasteiger partial charge in [-0.05, 0) is 18.2 Å². The predicted octanol–water partition coefficient (Wildman–Crippen LogP) is 0.831. The molecule has 1 aliphatic rings. The average molecular weight is 331 g/mol. The van der Waals surface area contributed by atoms with Crippen LogP contribution in [-0.2, 0) is 19.8 Å². The molecule has 22 heavy (non-hydrogen) atoms. The largest absolute Gasteiger partial charge is 0.506 e. The van der Waals surface area contributed by atoms with Gasteiger partial charge in [-0.15, -0.1) is 3.89 Å². The standard InChI is InChI=1S/C13H14FNO6S/c1-21-13(18)9-2-3-11(16)10(5-9)15-6-8(4-12(15)17)7-22(14,19)20/h2-3,5,8,16H,4,6-7H2,1H3. The minimum absolute atomic E-state index is 0.0554. The third-order valence-electron chi connectivity index (χ3n) is 3.33. The lowest BCUT2D eigenvalue weighted by Gasteiger charge is -2.18. The molecule has 9 heteroatoms. The Hall–Kier alpha value is -2.16. The second-order valence-corrected chi connectivity index (χ2v) is 6.39.